The fourth-order valence-electron chi connectivity index (χ4n) is 2.95. The van der Waals surface area contributed by atoms with Crippen LogP contribution in [0, 0.1) is 5.41 Å². The van der Waals surface area contributed by atoms with Crippen LogP contribution in [-0.2, 0) is 6.54 Å². The molecule has 0 unspecified atom stereocenters. The highest BCUT2D eigenvalue weighted by Gasteiger charge is 2.17. The number of rotatable bonds is 4. The van der Waals surface area contributed by atoms with Crippen molar-refractivity contribution in [3.63, 3.8) is 0 Å². The lowest BCUT2D eigenvalue weighted by Gasteiger charge is -2.27. The van der Waals surface area contributed by atoms with Crippen LogP contribution in [0.2, 0.25) is 0 Å². The third-order valence-corrected chi connectivity index (χ3v) is 4.12. The van der Waals surface area contributed by atoms with Gasteiger partial charge >= 0.3 is 0 Å². The lowest BCUT2D eigenvalue weighted by atomic mass is 10.1. The van der Waals surface area contributed by atoms with E-state index >= 15 is 0 Å². The first kappa shape index (κ1) is 14.1. The summed E-state index contributed by atoms with van der Waals surface area (Å²) in [5, 5.41) is 7.50. The third-order valence-electron chi connectivity index (χ3n) is 4.12. The minimum Gasteiger partial charge on any atom is -0.384 e. The van der Waals surface area contributed by atoms with E-state index in [9.17, 15) is 0 Å². The molecule has 0 radical (unpaired) electrons. The van der Waals surface area contributed by atoms with E-state index in [1.54, 1.807) is 0 Å². The number of nitrogen functional groups attached to an aromatic ring is 1. The fourth-order valence-corrected chi connectivity index (χ4v) is 2.95. The Hall–Kier alpha value is -1.35. The Morgan fingerprint density at radius 3 is 2.58 bits per heavy atom. The summed E-state index contributed by atoms with van der Waals surface area (Å²) in [5.74, 6) is 0.152. The monoisotopic (exact) mass is 259 g/mol. The SMILES string of the molecule is CN(Cc1cccc(C(=N)N)c1)C1CCCCCC1. The first-order valence-electron chi connectivity index (χ1n) is 7.30. The Bertz CT molecular complexity index is 420. The molecule has 2 rings (SSSR count). The second-order valence-electron chi connectivity index (χ2n) is 5.67. The Morgan fingerprint density at radius 2 is 1.95 bits per heavy atom. The van der Waals surface area contributed by atoms with Crippen molar-refractivity contribution in [1.82, 2.24) is 4.90 Å². The minimum atomic E-state index is 0.152. The maximum absolute atomic E-state index is 7.50. The molecule has 0 spiro atoms. The van der Waals surface area contributed by atoms with Crippen molar-refractivity contribution in [2.75, 3.05) is 7.05 Å². The van der Waals surface area contributed by atoms with Gasteiger partial charge in [-0.15, -0.1) is 0 Å². The Kier molecular flexibility index (Phi) is 4.97. The summed E-state index contributed by atoms with van der Waals surface area (Å²) in [6, 6.07) is 8.77. The van der Waals surface area contributed by atoms with Crippen LogP contribution < -0.4 is 5.73 Å². The lowest BCUT2D eigenvalue weighted by Crippen LogP contribution is -2.30. The van der Waals surface area contributed by atoms with Crippen molar-refractivity contribution in [2.45, 2.75) is 51.1 Å². The average molecular weight is 259 g/mol. The molecule has 0 aliphatic heterocycles. The molecule has 1 saturated carbocycles. The number of nitrogens with zero attached hydrogens (tertiary/aromatic N) is 1. The highest BCUT2D eigenvalue weighted by molar-refractivity contribution is 5.95. The van der Waals surface area contributed by atoms with Crippen LogP contribution in [-0.4, -0.2) is 23.8 Å². The van der Waals surface area contributed by atoms with Gasteiger partial charge in [0.2, 0.25) is 0 Å². The molecule has 0 heterocycles. The third kappa shape index (κ3) is 4.06. The van der Waals surface area contributed by atoms with Crippen molar-refractivity contribution >= 4 is 5.84 Å². The van der Waals surface area contributed by atoms with Gasteiger partial charge in [-0.3, -0.25) is 10.3 Å². The summed E-state index contributed by atoms with van der Waals surface area (Å²) < 4.78 is 0. The molecule has 3 N–H and O–H groups in total. The van der Waals surface area contributed by atoms with Crippen molar-refractivity contribution < 1.29 is 0 Å². The van der Waals surface area contributed by atoms with Crippen molar-refractivity contribution in [3.05, 3.63) is 35.4 Å². The van der Waals surface area contributed by atoms with Gasteiger partial charge in [-0.1, -0.05) is 43.9 Å². The Labute approximate surface area is 116 Å². The molecule has 0 amide bonds. The highest BCUT2D eigenvalue weighted by Crippen LogP contribution is 2.22. The molecule has 0 atom stereocenters. The molecular weight excluding hydrogens is 234 g/mol. The summed E-state index contributed by atoms with van der Waals surface area (Å²) in [7, 11) is 2.22. The predicted octanol–water partition coefficient (Wildman–Crippen LogP) is 3.13. The van der Waals surface area contributed by atoms with Gasteiger partial charge in [0.05, 0.1) is 0 Å². The lowest BCUT2D eigenvalue weighted by molar-refractivity contribution is 0.213. The Morgan fingerprint density at radius 1 is 1.26 bits per heavy atom. The van der Waals surface area contributed by atoms with Crippen LogP contribution >= 0.6 is 0 Å². The average Bonchev–Trinajstić information content (AvgIpc) is 2.68. The minimum absolute atomic E-state index is 0.152. The van der Waals surface area contributed by atoms with Gasteiger partial charge in [-0.25, -0.2) is 0 Å². The number of hydrogen-bond donors (Lipinski definition) is 2. The topological polar surface area (TPSA) is 53.1 Å². The van der Waals surface area contributed by atoms with E-state index in [1.165, 1.54) is 44.1 Å². The predicted molar refractivity (Wildman–Crippen MR) is 80.4 cm³/mol. The van der Waals surface area contributed by atoms with Crippen molar-refractivity contribution in [2.24, 2.45) is 5.73 Å². The van der Waals surface area contributed by atoms with E-state index in [0.29, 0.717) is 6.04 Å². The molecule has 1 aromatic rings. The molecule has 0 saturated heterocycles. The van der Waals surface area contributed by atoms with Crippen LogP contribution in [0.4, 0.5) is 0 Å². The van der Waals surface area contributed by atoms with Crippen LogP contribution in [0.15, 0.2) is 24.3 Å². The van der Waals surface area contributed by atoms with Gasteiger partial charge in [0.1, 0.15) is 5.84 Å². The van der Waals surface area contributed by atoms with Gasteiger partial charge in [0.15, 0.2) is 0 Å². The van der Waals surface area contributed by atoms with Gasteiger partial charge < -0.3 is 5.73 Å². The van der Waals surface area contributed by atoms with E-state index in [-0.39, 0.29) is 5.84 Å². The molecule has 1 aliphatic rings. The molecule has 1 fully saturated rings. The van der Waals surface area contributed by atoms with E-state index in [4.69, 9.17) is 11.1 Å². The second-order valence-corrected chi connectivity index (χ2v) is 5.67. The van der Waals surface area contributed by atoms with Gasteiger partial charge in [-0.05, 0) is 31.5 Å². The molecule has 0 aromatic heterocycles. The highest BCUT2D eigenvalue weighted by atomic mass is 15.1. The molecule has 1 aliphatic carbocycles. The first-order chi connectivity index (χ1) is 9.16. The Balaban J connectivity index is 1.99. The smallest absolute Gasteiger partial charge is 0.122 e. The second kappa shape index (κ2) is 6.71. The van der Waals surface area contributed by atoms with E-state index < -0.39 is 0 Å². The summed E-state index contributed by atoms with van der Waals surface area (Å²) in [4.78, 5) is 2.46. The number of nitrogens with one attached hydrogen (secondary N) is 1. The van der Waals surface area contributed by atoms with Crippen LogP contribution in [0.3, 0.4) is 0 Å². The molecule has 1 aromatic carbocycles. The maximum Gasteiger partial charge on any atom is 0.122 e. The summed E-state index contributed by atoms with van der Waals surface area (Å²) in [6.07, 6.45) is 8.16. The zero-order chi connectivity index (χ0) is 13.7. The number of hydrogen-bond acceptors (Lipinski definition) is 2. The van der Waals surface area contributed by atoms with Crippen molar-refractivity contribution in [3.8, 4) is 0 Å². The zero-order valence-corrected chi connectivity index (χ0v) is 11.9. The molecule has 3 nitrogen and oxygen atoms in total. The number of amidine groups is 1. The fraction of sp³-hybridized carbons (Fsp3) is 0.562. The van der Waals surface area contributed by atoms with E-state index in [2.05, 4.69) is 18.0 Å². The maximum atomic E-state index is 7.50. The zero-order valence-electron chi connectivity index (χ0n) is 11.9. The van der Waals surface area contributed by atoms with Crippen LogP contribution in [0.1, 0.15) is 49.7 Å². The number of benzene rings is 1. The molecule has 19 heavy (non-hydrogen) atoms. The van der Waals surface area contributed by atoms with E-state index in [1.807, 2.05) is 18.2 Å². The molecule has 0 bridgehead atoms. The van der Waals surface area contributed by atoms with Crippen molar-refractivity contribution in [1.29, 1.82) is 5.41 Å². The largest absolute Gasteiger partial charge is 0.384 e. The normalized spacial score (nSPS) is 17.4. The summed E-state index contributed by atoms with van der Waals surface area (Å²) in [5.41, 5.74) is 7.62. The van der Waals surface area contributed by atoms with Gasteiger partial charge in [0.25, 0.3) is 0 Å². The van der Waals surface area contributed by atoms with E-state index in [0.717, 1.165) is 12.1 Å². The summed E-state index contributed by atoms with van der Waals surface area (Å²) >= 11 is 0. The molecule has 3 heteroatoms. The van der Waals surface area contributed by atoms with Crippen LogP contribution in [0.25, 0.3) is 0 Å². The van der Waals surface area contributed by atoms with Gasteiger partial charge in [-0.2, -0.15) is 0 Å². The van der Waals surface area contributed by atoms with Gasteiger partial charge in [0, 0.05) is 18.2 Å². The quantitative estimate of drug-likeness (QED) is 0.496. The summed E-state index contributed by atoms with van der Waals surface area (Å²) in [6.45, 7) is 0.950. The van der Waals surface area contributed by atoms with Crippen LogP contribution in [0.5, 0.6) is 0 Å². The molecule has 104 valence electrons. The molecular formula is C16H25N3. The standard InChI is InChI=1S/C16H25N3/c1-19(15-9-4-2-3-5-10-15)12-13-7-6-8-14(11-13)16(17)18/h6-8,11,15H,2-5,9-10,12H2,1H3,(H3,17,18). The number of nitrogens with two attached hydrogens (primary N) is 1. The first-order valence-corrected chi connectivity index (χ1v) is 7.30.